The van der Waals surface area contributed by atoms with Crippen molar-refractivity contribution in [3.8, 4) is 0 Å². The maximum Gasteiger partial charge on any atom is 0.271 e. The smallest absolute Gasteiger partial charge is 0.267 e. The molecule has 0 radical (unpaired) electrons. The molecule has 1 unspecified atom stereocenters. The highest BCUT2D eigenvalue weighted by Gasteiger charge is 2.32. The Morgan fingerprint density at radius 2 is 1.43 bits per heavy atom. The molecule has 42 heavy (non-hydrogen) atoms. The highest BCUT2D eigenvalue weighted by molar-refractivity contribution is 6.07. The van der Waals surface area contributed by atoms with E-state index in [0.717, 1.165) is 28.9 Å². The summed E-state index contributed by atoms with van der Waals surface area (Å²) in [7, 11) is 0. The molecule has 1 N–H and O–H groups in total. The zero-order valence-electron chi connectivity index (χ0n) is 22.8. The Bertz CT molecular complexity index is 1900. The number of nitrogens with one attached hydrogen (secondary N) is 1. The van der Waals surface area contributed by atoms with Gasteiger partial charge in [-0.15, -0.1) is 0 Å². The van der Waals surface area contributed by atoms with Crippen LogP contribution in [0.15, 0.2) is 144 Å². The van der Waals surface area contributed by atoms with Crippen molar-refractivity contribution in [3.05, 3.63) is 156 Å². The number of carbonyl (C=O) groups is 1. The first-order valence-electron chi connectivity index (χ1n) is 13.9. The van der Waals surface area contributed by atoms with Crippen LogP contribution < -0.4 is 10.4 Å². The van der Waals surface area contributed by atoms with Crippen molar-refractivity contribution in [1.29, 1.82) is 0 Å². The number of fused-ring (bicyclic) bond motifs is 2. The van der Waals surface area contributed by atoms with Gasteiger partial charge in [-0.2, -0.15) is 10.2 Å². The summed E-state index contributed by atoms with van der Waals surface area (Å²) in [6, 6.07) is 41.3. The molecule has 1 atom stereocenters. The van der Waals surface area contributed by atoms with Crippen molar-refractivity contribution in [2.24, 2.45) is 10.2 Å². The molecule has 0 saturated heterocycles. The van der Waals surface area contributed by atoms with Crippen molar-refractivity contribution in [2.45, 2.75) is 12.5 Å². The molecule has 6 heteroatoms. The lowest BCUT2D eigenvalue weighted by Crippen LogP contribution is -2.19. The molecular formula is C36H27N5O. The maximum atomic E-state index is 12.3. The number of aromatic nitrogens is 1. The molecule has 5 aromatic carbocycles. The number of hydrogen-bond acceptors (Lipinski definition) is 5. The van der Waals surface area contributed by atoms with Crippen molar-refractivity contribution in [1.82, 2.24) is 10.4 Å². The van der Waals surface area contributed by atoms with Gasteiger partial charge < -0.3 is 0 Å². The van der Waals surface area contributed by atoms with Gasteiger partial charge in [0.15, 0.2) is 0 Å². The summed E-state index contributed by atoms with van der Waals surface area (Å²) in [4.78, 5) is 16.2. The molecule has 0 spiro atoms. The van der Waals surface area contributed by atoms with Crippen LogP contribution in [0.5, 0.6) is 0 Å². The second kappa shape index (κ2) is 11.1. The first-order chi connectivity index (χ1) is 20.7. The monoisotopic (exact) mass is 545 g/mol. The van der Waals surface area contributed by atoms with Crippen LogP contribution in [0.1, 0.15) is 39.5 Å². The molecule has 1 aliphatic rings. The Labute approximate surface area is 243 Å². The third kappa shape index (κ3) is 4.90. The Morgan fingerprint density at radius 1 is 0.786 bits per heavy atom. The first kappa shape index (κ1) is 25.4. The lowest BCUT2D eigenvalue weighted by molar-refractivity contribution is 0.0955. The Morgan fingerprint density at radius 3 is 2.12 bits per heavy atom. The van der Waals surface area contributed by atoms with E-state index in [1.807, 2.05) is 18.2 Å². The average Bonchev–Trinajstić information content (AvgIpc) is 3.50. The maximum absolute atomic E-state index is 12.3. The summed E-state index contributed by atoms with van der Waals surface area (Å²) in [6.07, 6.45) is 5.58. The molecular weight excluding hydrogens is 518 g/mol. The topological polar surface area (TPSA) is 70.0 Å². The number of benzene rings is 5. The van der Waals surface area contributed by atoms with Gasteiger partial charge in [0.1, 0.15) is 0 Å². The Hall–Kier alpha value is -5.62. The zero-order valence-corrected chi connectivity index (χ0v) is 22.8. The highest BCUT2D eigenvalue weighted by atomic mass is 16.2. The van der Waals surface area contributed by atoms with Crippen LogP contribution in [-0.4, -0.2) is 22.8 Å². The van der Waals surface area contributed by atoms with Crippen LogP contribution in [0.2, 0.25) is 0 Å². The standard InChI is InChI=1S/C36H27N5O/c42-36(27-18-20-37-21-19-27)39-38-24-25-14-16-30(17-15-25)41-34(23-33(40-41)26-8-2-1-3-9-26)35-31-12-6-4-10-28(31)22-29-11-5-7-13-32(29)35/h1-22,24,34H,23H2,(H,39,42). The normalized spacial score (nSPS) is 14.9. The fraction of sp³-hybridized carbons (Fsp3) is 0.0556. The van der Waals surface area contributed by atoms with Crippen molar-refractivity contribution < 1.29 is 4.79 Å². The molecule has 0 aliphatic carbocycles. The van der Waals surface area contributed by atoms with E-state index in [1.54, 1.807) is 30.7 Å². The predicted molar refractivity (Wildman–Crippen MR) is 170 cm³/mol. The minimum Gasteiger partial charge on any atom is -0.267 e. The third-order valence-electron chi connectivity index (χ3n) is 7.64. The largest absolute Gasteiger partial charge is 0.271 e. The molecule has 2 heterocycles. The van der Waals surface area contributed by atoms with E-state index >= 15 is 0 Å². The summed E-state index contributed by atoms with van der Waals surface area (Å²) >= 11 is 0. The second-order valence-electron chi connectivity index (χ2n) is 10.2. The highest BCUT2D eigenvalue weighted by Crippen LogP contribution is 2.42. The van der Waals surface area contributed by atoms with E-state index in [0.29, 0.717) is 5.56 Å². The molecule has 0 saturated carbocycles. The molecule has 1 aliphatic heterocycles. The summed E-state index contributed by atoms with van der Waals surface area (Å²) in [5.41, 5.74) is 8.40. The Kier molecular flexibility index (Phi) is 6.70. The van der Waals surface area contributed by atoms with E-state index < -0.39 is 0 Å². The quantitative estimate of drug-likeness (QED) is 0.134. The number of rotatable bonds is 6. The number of nitrogens with zero attached hydrogens (tertiary/aromatic N) is 4. The number of anilines is 1. The van der Waals surface area contributed by atoms with Crippen LogP contribution in [-0.2, 0) is 0 Å². The van der Waals surface area contributed by atoms with E-state index in [2.05, 4.69) is 112 Å². The van der Waals surface area contributed by atoms with Crippen LogP contribution in [0.4, 0.5) is 5.69 Å². The number of pyridine rings is 1. The average molecular weight is 546 g/mol. The predicted octanol–water partition coefficient (Wildman–Crippen LogP) is 7.51. The van der Waals surface area contributed by atoms with E-state index in [-0.39, 0.29) is 11.9 Å². The van der Waals surface area contributed by atoms with E-state index in [4.69, 9.17) is 5.10 Å². The molecule has 6 aromatic rings. The van der Waals surface area contributed by atoms with E-state index in [1.165, 1.54) is 27.1 Å². The fourth-order valence-electron chi connectivity index (χ4n) is 5.63. The summed E-state index contributed by atoms with van der Waals surface area (Å²) < 4.78 is 0. The number of amides is 1. The van der Waals surface area contributed by atoms with Crippen molar-refractivity contribution in [3.63, 3.8) is 0 Å². The number of hydrogen-bond donors (Lipinski definition) is 1. The van der Waals surface area contributed by atoms with Crippen molar-refractivity contribution in [2.75, 3.05) is 5.01 Å². The SMILES string of the molecule is O=C(NN=Cc1ccc(N2N=C(c3ccccc3)CC2c2c3ccccc3cc3ccccc23)cc1)c1ccncc1. The van der Waals surface area contributed by atoms with Crippen molar-refractivity contribution >= 4 is 45.1 Å². The lowest BCUT2D eigenvalue weighted by atomic mass is 9.89. The van der Waals surface area contributed by atoms with Gasteiger partial charge in [-0.05, 0) is 68.6 Å². The minimum atomic E-state index is -0.282. The molecule has 1 amide bonds. The fourth-order valence-corrected chi connectivity index (χ4v) is 5.63. The van der Waals surface area contributed by atoms with Gasteiger partial charge in [0.2, 0.25) is 0 Å². The lowest BCUT2D eigenvalue weighted by Gasteiger charge is -2.26. The molecule has 7 rings (SSSR count). The third-order valence-corrected chi connectivity index (χ3v) is 7.64. The summed E-state index contributed by atoms with van der Waals surface area (Å²) in [5, 5.41) is 16.4. The Balaban J connectivity index is 1.25. The van der Waals surface area contributed by atoms with Gasteiger partial charge in [-0.3, -0.25) is 14.8 Å². The zero-order chi connectivity index (χ0) is 28.3. The number of carbonyl (C=O) groups excluding carboxylic acids is 1. The van der Waals surface area contributed by atoms with E-state index in [9.17, 15) is 4.79 Å². The molecule has 6 nitrogen and oxygen atoms in total. The van der Waals surface area contributed by atoms with Gasteiger partial charge in [-0.1, -0.05) is 91.0 Å². The van der Waals surface area contributed by atoms with Gasteiger partial charge in [0, 0.05) is 24.4 Å². The van der Waals surface area contributed by atoms with Gasteiger partial charge in [0.05, 0.1) is 23.7 Å². The van der Waals surface area contributed by atoms with Crippen LogP contribution in [0.25, 0.3) is 21.5 Å². The molecule has 0 fully saturated rings. The number of hydrazone groups is 2. The first-order valence-corrected chi connectivity index (χ1v) is 13.9. The molecule has 0 bridgehead atoms. The van der Waals surface area contributed by atoms with Gasteiger partial charge >= 0.3 is 0 Å². The van der Waals surface area contributed by atoms with Gasteiger partial charge in [0.25, 0.3) is 5.91 Å². The van der Waals surface area contributed by atoms with Crippen LogP contribution >= 0.6 is 0 Å². The molecule has 1 aromatic heterocycles. The summed E-state index contributed by atoms with van der Waals surface area (Å²) in [6.45, 7) is 0. The van der Waals surface area contributed by atoms with Crippen LogP contribution in [0, 0.1) is 0 Å². The van der Waals surface area contributed by atoms with Crippen LogP contribution in [0.3, 0.4) is 0 Å². The minimum absolute atomic E-state index is 0.00961. The molecule has 202 valence electrons. The van der Waals surface area contributed by atoms with Gasteiger partial charge in [-0.25, -0.2) is 5.43 Å². The summed E-state index contributed by atoms with van der Waals surface area (Å²) in [5.74, 6) is -0.282. The second-order valence-corrected chi connectivity index (χ2v) is 10.2.